The Balaban J connectivity index is 2.49. The van der Waals surface area contributed by atoms with E-state index in [1.54, 1.807) is 17.5 Å². The van der Waals surface area contributed by atoms with E-state index < -0.39 is 6.17 Å². The van der Waals surface area contributed by atoms with Crippen molar-refractivity contribution in [2.45, 2.75) is 12.6 Å². The van der Waals surface area contributed by atoms with Crippen LogP contribution in [0.2, 0.25) is 0 Å². The predicted molar refractivity (Wildman–Crippen MR) is 52.6 cm³/mol. The van der Waals surface area contributed by atoms with Gasteiger partial charge in [0.2, 0.25) is 5.91 Å². The molecule has 0 bridgehead atoms. The molecule has 0 saturated heterocycles. The standard InChI is InChI=1S/C9H12FNO2S/c1-11(13-2)9(12)6-7(10)8-4-3-5-14-8/h3-5,7H,6H2,1-2H3/t7-/m0/s1. The third-order valence-corrected chi connectivity index (χ3v) is 2.79. The van der Waals surface area contributed by atoms with Gasteiger partial charge in [-0.15, -0.1) is 11.3 Å². The number of alkyl halides is 1. The molecule has 0 aliphatic carbocycles. The van der Waals surface area contributed by atoms with Gasteiger partial charge >= 0.3 is 0 Å². The molecule has 1 heterocycles. The van der Waals surface area contributed by atoms with E-state index in [0.29, 0.717) is 4.88 Å². The molecule has 0 aromatic carbocycles. The molecule has 1 aromatic heterocycles. The largest absolute Gasteiger partial charge is 0.275 e. The van der Waals surface area contributed by atoms with Crippen LogP contribution in [0.1, 0.15) is 17.5 Å². The lowest BCUT2D eigenvalue weighted by Crippen LogP contribution is -2.26. The minimum absolute atomic E-state index is 0.176. The number of amides is 1. The molecule has 3 nitrogen and oxygen atoms in total. The lowest BCUT2D eigenvalue weighted by Gasteiger charge is -2.14. The smallest absolute Gasteiger partial charge is 0.249 e. The Hall–Kier alpha value is -0.940. The number of hydrogen-bond acceptors (Lipinski definition) is 3. The molecular weight excluding hydrogens is 205 g/mol. The zero-order chi connectivity index (χ0) is 10.6. The number of nitrogens with zero attached hydrogens (tertiary/aromatic N) is 1. The molecule has 0 aliphatic heterocycles. The zero-order valence-corrected chi connectivity index (χ0v) is 8.88. The highest BCUT2D eigenvalue weighted by atomic mass is 32.1. The van der Waals surface area contributed by atoms with Crippen molar-refractivity contribution >= 4 is 17.2 Å². The van der Waals surface area contributed by atoms with Crippen molar-refractivity contribution in [1.29, 1.82) is 0 Å². The van der Waals surface area contributed by atoms with Gasteiger partial charge in [-0.25, -0.2) is 9.45 Å². The summed E-state index contributed by atoms with van der Waals surface area (Å²) in [7, 11) is 2.83. The Morgan fingerprint density at radius 3 is 3.00 bits per heavy atom. The Morgan fingerprint density at radius 2 is 2.50 bits per heavy atom. The molecule has 5 heteroatoms. The Morgan fingerprint density at radius 1 is 1.79 bits per heavy atom. The molecule has 0 saturated carbocycles. The Kier molecular flexibility index (Phi) is 4.03. The lowest BCUT2D eigenvalue weighted by molar-refractivity contribution is -0.169. The zero-order valence-electron chi connectivity index (χ0n) is 8.07. The number of rotatable bonds is 4. The first-order chi connectivity index (χ1) is 6.65. The molecule has 0 fully saturated rings. The quantitative estimate of drug-likeness (QED) is 0.723. The van der Waals surface area contributed by atoms with Crippen molar-refractivity contribution in [2.75, 3.05) is 14.2 Å². The van der Waals surface area contributed by atoms with Gasteiger partial charge in [0, 0.05) is 11.9 Å². The Labute approximate surface area is 86.1 Å². The average molecular weight is 217 g/mol. The summed E-state index contributed by atoms with van der Waals surface area (Å²) in [6.07, 6.45) is -1.41. The summed E-state index contributed by atoms with van der Waals surface area (Å²) in [6, 6.07) is 3.44. The van der Waals surface area contributed by atoms with E-state index in [0.717, 1.165) is 5.06 Å². The minimum atomic E-state index is -1.24. The fourth-order valence-corrected chi connectivity index (χ4v) is 1.66. The van der Waals surface area contributed by atoms with Crippen molar-refractivity contribution in [3.8, 4) is 0 Å². The van der Waals surface area contributed by atoms with Crippen LogP contribution in [0.3, 0.4) is 0 Å². The maximum atomic E-state index is 13.4. The molecule has 1 amide bonds. The number of carbonyl (C=O) groups excluding carboxylic acids is 1. The molecule has 0 aliphatic rings. The number of carbonyl (C=O) groups is 1. The molecule has 14 heavy (non-hydrogen) atoms. The van der Waals surface area contributed by atoms with Gasteiger partial charge in [0.15, 0.2) is 0 Å². The fraction of sp³-hybridized carbons (Fsp3) is 0.444. The summed E-state index contributed by atoms with van der Waals surface area (Å²) in [5.74, 6) is -0.367. The van der Waals surface area contributed by atoms with Crippen molar-refractivity contribution in [2.24, 2.45) is 0 Å². The second-order valence-corrected chi connectivity index (χ2v) is 3.74. The van der Waals surface area contributed by atoms with Crippen LogP contribution in [0.15, 0.2) is 17.5 Å². The molecule has 1 atom stereocenters. The van der Waals surface area contributed by atoms with Crippen LogP contribution in [0.5, 0.6) is 0 Å². The molecule has 0 N–H and O–H groups in total. The minimum Gasteiger partial charge on any atom is -0.275 e. The van der Waals surface area contributed by atoms with Crippen molar-refractivity contribution < 1.29 is 14.0 Å². The summed E-state index contributed by atoms with van der Waals surface area (Å²) < 4.78 is 13.4. The van der Waals surface area contributed by atoms with E-state index in [9.17, 15) is 9.18 Å². The van der Waals surface area contributed by atoms with Gasteiger partial charge in [-0.05, 0) is 11.4 Å². The summed E-state index contributed by atoms with van der Waals surface area (Å²) in [4.78, 5) is 16.5. The summed E-state index contributed by atoms with van der Waals surface area (Å²) in [6.45, 7) is 0. The fourth-order valence-electron chi connectivity index (χ4n) is 0.954. The molecule has 0 spiro atoms. The Bertz CT molecular complexity index is 289. The van der Waals surface area contributed by atoms with Crippen LogP contribution in [0, 0.1) is 0 Å². The van der Waals surface area contributed by atoms with Crippen LogP contribution >= 0.6 is 11.3 Å². The van der Waals surface area contributed by atoms with Gasteiger partial charge in [-0.2, -0.15) is 0 Å². The predicted octanol–water partition coefficient (Wildman–Crippen LogP) is 2.17. The molecule has 78 valence electrons. The van der Waals surface area contributed by atoms with Gasteiger partial charge < -0.3 is 0 Å². The summed E-state index contributed by atoms with van der Waals surface area (Å²) in [5.41, 5.74) is 0. The normalized spacial score (nSPS) is 12.5. The van der Waals surface area contributed by atoms with Crippen LogP contribution in [-0.4, -0.2) is 25.1 Å². The van der Waals surface area contributed by atoms with Gasteiger partial charge in [0.1, 0.15) is 6.17 Å². The van der Waals surface area contributed by atoms with E-state index in [4.69, 9.17) is 0 Å². The van der Waals surface area contributed by atoms with Crippen molar-refractivity contribution in [3.05, 3.63) is 22.4 Å². The molecule has 1 aromatic rings. The first-order valence-electron chi connectivity index (χ1n) is 4.13. The van der Waals surface area contributed by atoms with Crippen LogP contribution in [0.4, 0.5) is 4.39 Å². The lowest BCUT2D eigenvalue weighted by atomic mass is 10.2. The monoisotopic (exact) mass is 217 g/mol. The second-order valence-electron chi connectivity index (χ2n) is 2.76. The first-order valence-corrected chi connectivity index (χ1v) is 5.01. The molecule has 0 unspecified atom stereocenters. The summed E-state index contributed by atoms with van der Waals surface area (Å²) >= 11 is 1.31. The van der Waals surface area contributed by atoms with Gasteiger partial charge in [-0.1, -0.05) is 6.07 Å². The average Bonchev–Trinajstić information content (AvgIpc) is 2.69. The second kappa shape index (κ2) is 5.07. The van der Waals surface area contributed by atoms with Crippen molar-refractivity contribution in [3.63, 3.8) is 0 Å². The van der Waals surface area contributed by atoms with E-state index in [1.807, 2.05) is 0 Å². The number of thiophene rings is 1. The summed E-state index contributed by atoms with van der Waals surface area (Å²) in [5, 5.41) is 2.81. The molecule has 1 rings (SSSR count). The van der Waals surface area contributed by atoms with Gasteiger partial charge in [-0.3, -0.25) is 9.63 Å². The first kappa shape index (κ1) is 11.1. The number of hydroxylamine groups is 2. The topological polar surface area (TPSA) is 29.5 Å². The highest BCUT2D eigenvalue weighted by Gasteiger charge is 2.18. The van der Waals surface area contributed by atoms with Gasteiger partial charge in [0.25, 0.3) is 0 Å². The van der Waals surface area contributed by atoms with E-state index in [-0.39, 0.29) is 12.3 Å². The third kappa shape index (κ3) is 2.78. The highest BCUT2D eigenvalue weighted by Crippen LogP contribution is 2.25. The third-order valence-electron chi connectivity index (χ3n) is 1.83. The maximum Gasteiger partial charge on any atom is 0.249 e. The van der Waals surface area contributed by atoms with Gasteiger partial charge in [0.05, 0.1) is 13.5 Å². The molecule has 0 radical (unpaired) electrons. The highest BCUT2D eigenvalue weighted by molar-refractivity contribution is 7.10. The van der Waals surface area contributed by atoms with Crippen molar-refractivity contribution in [1.82, 2.24) is 5.06 Å². The van der Waals surface area contributed by atoms with Crippen LogP contribution < -0.4 is 0 Å². The van der Waals surface area contributed by atoms with E-state index in [2.05, 4.69) is 4.84 Å². The van der Waals surface area contributed by atoms with E-state index in [1.165, 1.54) is 25.5 Å². The number of hydrogen-bond donors (Lipinski definition) is 0. The SMILES string of the molecule is CON(C)C(=O)C[C@H](F)c1cccs1. The number of halogens is 1. The van der Waals surface area contributed by atoms with Crippen LogP contribution in [0.25, 0.3) is 0 Å². The maximum absolute atomic E-state index is 13.4. The molecular formula is C9H12FNO2S. The van der Waals surface area contributed by atoms with E-state index >= 15 is 0 Å². The van der Waals surface area contributed by atoms with Crippen LogP contribution in [-0.2, 0) is 9.63 Å².